The molecule has 0 aromatic heterocycles. The second-order valence-corrected chi connectivity index (χ2v) is 6.85. The van der Waals surface area contributed by atoms with E-state index >= 15 is 0 Å². The number of aliphatic hydroxyl groups is 1. The van der Waals surface area contributed by atoms with Gasteiger partial charge in [0, 0.05) is 13.1 Å². The van der Waals surface area contributed by atoms with E-state index in [0.29, 0.717) is 13.1 Å². The molecular weight excluding hydrogens is 250 g/mol. The van der Waals surface area contributed by atoms with Crippen molar-refractivity contribution in [2.24, 2.45) is 0 Å². The summed E-state index contributed by atoms with van der Waals surface area (Å²) >= 11 is 0. The maximum atomic E-state index is 11.5. The molecule has 100 valence electrons. The Balaban J connectivity index is 2.22. The van der Waals surface area contributed by atoms with Crippen LogP contribution in [0.25, 0.3) is 0 Å². The van der Waals surface area contributed by atoms with E-state index in [1.807, 2.05) is 25.1 Å². The van der Waals surface area contributed by atoms with Gasteiger partial charge in [0.25, 0.3) is 0 Å². The summed E-state index contributed by atoms with van der Waals surface area (Å²) in [6, 6.07) is 5.75. The Morgan fingerprint density at radius 1 is 1.33 bits per heavy atom. The van der Waals surface area contributed by atoms with Gasteiger partial charge in [0.05, 0.1) is 12.4 Å². The lowest BCUT2D eigenvalue weighted by Crippen LogP contribution is -2.23. The van der Waals surface area contributed by atoms with Gasteiger partial charge >= 0.3 is 0 Å². The van der Waals surface area contributed by atoms with Crippen LogP contribution in [-0.2, 0) is 23.1 Å². The van der Waals surface area contributed by atoms with Crippen LogP contribution in [0.2, 0.25) is 0 Å². The highest BCUT2D eigenvalue weighted by atomic mass is 32.2. The van der Waals surface area contributed by atoms with Crippen LogP contribution < -0.4 is 0 Å². The zero-order valence-electron chi connectivity index (χ0n) is 10.8. The Bertz CT molecular complexity index is 539. The summed E-state index contributed by atoms with van der Waals surface area (Å²) in [5, 5.41) is 9.95. The molecule has 0 radical (unpaired) electrons. The molecule has 0 amide bonds. The summed E-state index contributed by atoms with van der Waals surface area (Å²) in [7, 11) is -3.14. The van der Waals surface area contributed by atoms with Gasteiger partial charge in [-0.25, -0.2) is 8.42 Å². The second-order valence-electron chi connectivity index (χ2n) is 4.86. The predicted molar refractivity (Wildman–Crippen MR) is 70.4 cm³/mol. The van der Waals surface area contributed by atoms with Gasteiger partial charge in [-0.1, -0.05) is 31.5 Å². The molecule has 1 atom stereocenters. The van der Waals surface area contributed by atoms with Gasteiger partial charge in [0.1, 0.15) is 0 Å². The molecule has 1 unspecified atom stereocenters. The van der Waals surface area contributed by atoms with Gasteiger partial charge in [-0.3, -0.25) is 0 Å². The number of aliphatic hydroxyl groups excluding tert-OH is 1. The van der Waals surface area contributed by atoms with Crippen LogP contribution in [0.15, 0.2) is 18.2 Å². The van der Waals surface area contributed by atoms with Gasteiger partial charge in [0.2, 0.25) is 10.0 Å². The predicted octanol–water partition coefficient (Wildman–Crippen LogP) is 1.80. The zero-order chi connectivity index (χ0) is 13.3. The van der Waals surface area contributed by atoms with Crippen molar-refractivity contribution in [3.05, 3.63) is 34.9 Å². The third-order valence-electron chi connectivity index (χ3n) is 3.34. The van der Waals surface area contributed by atoms with E-state index in [0.717, 1.165) is 29.5 Å². The molecule has 5 heteroatoms. The highest BCUT2D eigenvalue weighted by Crippen LogP contribution is 2.28. The maximum Gasteiger partial charge on any atom is 0.211 e. The minimum absolute atomic E-state index is 0.418. The smallest absolute Gasteiger partial charge is 0.211 e. The first-order valence-electron chi connectivity index (χ1n) is 6.16. The number of fused-ring (bicyclic) bond motifs is 1. The molecule has 1 heterocycles. The average Bonchev–Trinajstić information content (AvgIpc) is 2.71. The van der Waals surface area contributed by atoms with Crippen molar-refractivity contribution in [2.45, 2.75) is 39.0 Å². The molecule has 0 fully saturated rings. The molecule has 1 aliphatic heterocycles. The molecule has 2 rings (SSSR count). The summed E-state index contributed by atoms with van der Waals surface area (Å²) < 4.78 is 24.5. The van der Waals surface area contributed by atoms with E-state index in [-0.39, 0.29) is 0 Å². The monoisotopic (exact) mass is 269 g/mol. The molecule has 1 aromatic carbocycles. The fourth-order valence-electron chi connectivity index (χ4n) is 2.27. The summed E-state index contributed by atoms with van der Waals surface area (Å²) in [5.74, 6) is 0. The van der Waals surface area contributed by atoms with E-state index in [2.05, 4.69) is 0 Å². The quantitative estimate of drug-likeness (QED) is 0.906. The molecule has 4 nitrogen and oxygen atoms in total. The van der Waals surface area contributed by atoms with Crippen LogP contribution in [0.4, 0.5) is 0 Å². The van der Waals surface area contributed by atoms with Gasteiger partial charge < -0.3 is 5.11 Å². The van der Waals surface area contributed by atoms with Crippen molar-refractivity contribution >= 4 is 10.0 Å². The fraction of sp³-hybridized carbons (Fsp3) is 0.538. The van der Waals surface area contributed by atoms with E-state index < -0.39 is 16.1 Å². The maximum absolute atomic E-state index is 11.5. The lowest BCUT2D eigenvalue weighted by Gasteiger charge is -2.11. The largest absolute Gasteiger partial charge is 0.388 e. The Hall–Kier alpha value is -0.910. The molecule has 0 saturated carbocycles. The third-order valence-corrected chi connectivity index (χ3v) is 4.54. The molecular formula is C13H19NO3S. The lowest BCUT2D eigenvalue weighted by molar-refractivity contribution is 0.166. The molecule has 0 spiro atoms. The molecule has 1 aromatic rings. The summed E-state index contributed by atoms with van der Waals surface area (Å²) in [6.07, 6.45) is 2.43. The summed E-state index contributed by atoms with van der Waals surface area (Å²) in [4.78, 5) is 0. The van der Waals surface area contributed by atoms with E-state index in [4.69, 9.17) is 0 Å². The Morgan fingerprint density at radius 2 is 2.00 bits per heavy atom. The van der Waals surface area contributed by atoms with Crippen LogP contribution >= 0.6 is 0 Å². The first kappa shape index (κ1) is 13.5. The molecule has 0 bridgehead atoms. The number of hydrogen-bond acceptors (Lipinski definition) is 3. The minimum atomic E-state index is -3.14. The molecule has 0 saturated heterocycles. The molecule has 1 aliphatic rings. The first-order chi connectivity index (χ1) is 8.41. The first-order valence-corrected chi connectivity index (χ1v) is 8.01. The standard InChI is InChI=1S/C13H19NO3S/c1-3-4-13(15)10-5-6-11-8-14(18(2,16)17)9-12(11)7-10/h5-7,13,15H,3-4,8-9H2,1-2H3. The fourth-order valence-corrected chi connectivity index (χ4v) is 3.01. The number of sulfonamides is 1. The number of benzene rings is 1. The molecule has 0 aliphatic carbocycles. The van der Waals surface area contributed by atoms with Crippen molar-refractivity contribution < 1.29 is 13.5 Å². The van der Waals surface area contributed by atoms with Crippen molar-refractivity contribution in [3.63, 3.8) is 0 Å². The highest BCUT2D eigenvalue weighted by molar-refractivity contribution is 7.88. The Morgan fingerprint density at radius 3 is 2.61 bits per heavy atom. The normalized spacial score (nSPS) is 17.7. The molecule has 18 heavy (non-hydrogen) atoms. The Labute approximate surface area is 108 Å². The van der Waals surface area contributed by atoms with Gasteiger partial charge in [-0.15, -0.1) is 0 Å². The van der Waals surface area contributed by atoms with Crippen molar-refractivity contribution in [2.75, 3.05) is 6.26 Å². The van der Waals surface area contributed by atoms with Gasteiger partial charge in [0.15, 0.2) is 0 Å². The van der Waals surface area contributed by atoms with Crippen LogP contribution in [0.5, 0.6) is 0 Å². The third kappa shape index (κ3) is 2.74. The van der Waals surface area contributed by atoms with Crippen LogP contribution in [0, 0.1) is 0 Å². The zero-order valence-corrected chi connectivity index (χ0v) is 11.6. The molecule has 1 N–H and O–H groups in total. The van der Waals surface area contributed by atoms with E-state index in [1.165, 1.54) is 10.6 Å². The van der Waals surface area contributed by atoms with E-state index in [9.17, 15) is 13.5 Å². The topological polar surface area (TPSA) is 57.6 Å². The SMILES string of the molecule is CCCC(O)c1ccc2c(c1)CN(S(C)(=O)=O)C2. The number of hydrogen-bond donors (Lipinski definition) is 1. The number of nitrogens with zero attached hydrogens (tertiary/aromatic N) is 1. The Kier molecular flexibility index (Phi) is 3.75. The summed E-state index contributed by atoms with van der Waals surface area (Å²) in [6.45, 7) is 2.89. The average molecular weight is 269 g/mol. The highest BCUT2D eigenvalue weighted by Gasteiger charge is 2.26. The summed E-state index contributed by atoms with van der Waals surface area (Å²) in [5.41, 5.74) is 2.92. The van der Waals surface area contributed by atoms with Crippen molar-refractivity contribution in [1.82, 2.24) is 4.31 Å². The number of rotatable bonds is 4. The van der Waals surface area contributed by atoms with Gasteiger partial charge in [-0.2, -0.15) is 4.31 Å². The lowest BCUT2D eigenvalue weighted by atomic mass is 10.0. The van der Waals surface area contributed by atoms with Crippen molar-refractivity contribution in [3.8, 4) is 0 Å². The van der Waals surface area contributed by atoms with Gasteiger partial charge in [-0.05, 0) is 23.1 Å². The van der Waals surface area contributed by atoms with Crippen LogP contribution in [0.1, 0.15) is 42.6 Å². The minimum Gasteiger partial charge on any atom is -0.388 e. The van der Waals surface area contributed by atoms with E-state index in [1.54, 1.807) is 0 Å². The van der Waals surface area contributed by atoms with Crippen LogP contribution in [-0.4, -0.2) is 24.1 Å². The van der Waals surface area contributed by atoms with Crippen LogP contribution in [0.3, 0.4) is 0 Å². The second kappa shape index (κ2) is 4.99. The van der Waals surface area contributed by atoms with Crippen molar-refractivity contribution in [1.29, 1.82) is 0 Å².